The normalized spacial score (nSPS) is 20.7. The lowest BCUT2D eigenvalue weighted by molar-refractivity contribution is -0.116. The van der Waals surface area contributed by atoms with Crippen LogP contribution in [0.2, 0.25) is 0 Å². The molecule has 0 unspecified atom stereocenters. The van der Waals surface area contributed by atoms with E-state index in [0.29, 0.717) is 30.3 Å². The smallest absolute Gasteiger partial charge is 0.159 e. The van der Waals surface area contributed by atoms with Gasteiger partial charge in [-0.05, 0) is 58.9 Å². The quantitative estimate of drug-likeness (QED) is 0.816. The van der Waals surface area contributed by atoms with Crippen LogP contribution in [0, 0.1) is 5.41 Å². The Kier molecular flexibility index (Phi) is 3.66. The Morgan fingerprint density at radius 3 is 2.50 bits per heavy atom. The summed E-state index contributed by atoms with van der Waals surface area (Å²) in [7, 11) is 0. The number of ketones is 1. The molecule has 1 aromatic carbocycles. The molecule has 118 valence electrons. The Morgan fingerprint density at radius 1 is 1.09 bits per heavy atom. The first kappa shape index (κ1) is 15.3. The minimum atomic E-state index is 0.133. The van der Waals surface area contributed by atoms with Crippen molar-refractivity contribution in [1.29, 1.82) is 0 Å². The minimum Gasteiger partial charge on any atom is -0.508 e. The maximum atomic E-state index is 12.4. The number of benzene rings is 1. The van der Waals surface area contributed by atoms with Gasteiger partial charge in [-0.3, -0.25) is 4.79 Å². The summed E-state index contributed by atoms with van der Waals surface area (Å²) in [5.74, 6) is 1.00. The fourth-order valence-electron chi connectivity index (χ4n) is 4.00. The van der Waals surface area contributed by atoms with Crippen molar-refractivity contribution in [3.63, 3.8) is 0 Å². The number of fused-ring (bicyclic) bond motifs is 1. The van der Waals surface area contributed by atoms with E-state index in [-0.39, 0.29) is 5.41 Å². The molecule has 0 spiro atoms. The largest absolute Gasteiger partial charge is 0.508 e. The van der Waals surface area contributed by atoms with Crippen molar-refractivity contribution in [2.75, 3.05) is 0 Å². The predicted molar refractivity (Wildman–Crippen MR) is 89.3 cm³/mol. The third-order valence-corrected chi connectivity index (χ3v) is 5.48. The Labute approximate surface area is 133 Å². The zero-order valence-electron chi connectivity index (χ0n) is 14.1. The fraction of sp³-hybridized carbons (Fsp3) is 0.550. The second kappa shape index (κ2) is 5.26. The molecule has 2 heteroatoms. The molecule has 0 atom stereocenters. The number of rotatable bonds is 1. The molecule has 0 heterocycles. The molecule has 0 saturated heterocycles. The highest BCUT2D eigenvalue weighted by Crippen LogP contribution is 2.44. The van der Waals surface area contributed by atoms with Crippen LogP contribution in [-0.4, -0.2) is 10.9 Å². The molecule has 0 saturated carbocycles. The first-order chi connectivity index (χ1) is 10.3. The molecule has 0 fully saturated rings. The molecule has 0 radical (unpaired) electrons. The van der Waals surface area contributed by atoms with Gasteiger partial charge in [0.15, 0.2) is 5.78 Å². The molecule has 2 nitrogen and oxygen atoms in total. The van der Waals surface area contributed by atoms with Gasteiger partial charge in [0.25, 0.3) is 0 Å². The Morgan fingerprint density at radius 2 is 1.82 bits per heavy atom. The molecular weight excluding hydrogens is 272 g/mol. The van der Waals surface area contributed by atoms with Gasteiger partial charge < -0.3 is 5.11 Å². The van der Waals surface area contributed by atoms with Crippen LogP contribution in [0.25, 0.3) is 0 Å². The molecule has 2 aliphatic rings. The first-order valence-electron chi connectivity index (χ1n) is 8.40. The van der Waals surface area contributed by atoms with Crippen LogP contribution in [0.4, 0.5) is 0 Å². The topological polar surface area (TPSA) is 37.3 Å². The molecule has 0 amide bonds. The number of phenols is 1. The van der Waals surface area contributed by atoms with Crippen LogP contribution in [0.3, 0.4) is 0 Å². The van der Waals surface area contributed by atoms with Crippen molar-refractivity contribution in [2.24, 2.45) is 5.41 Å². The number of aryl methyl sites for hydroxylation is 1. The van der Waals surface area contributed by atoms with Gasteiger partial charge in [0.1, 0.15) is 5.75 Å². The van der Waals surface area contributed by atoms with Gasteiger partial charge >= 0.3 is 0 Å². The van der Waals surface area contributed by atoms with Crippen molar-refractivity contribution in [3.05, 3.63) is 40.0 Å². The molecule has 3 rings (SSSR count). The number of carbonyl (C=O) groups is 1. The van der Waals surface area contributed by atoms with Crippen molar-refractivity contribution in [3.8, 4) is 5.75 Å². The van der Waals surface area contributed by atoms with Crippen LogP contribution in [0.1, 0.15) is 69.6 Å². The lowest BCUT2D eigenvalue weighted by Crippen LogP contribution is -2.26. The van der Waals surface area contributed by atoms with Crippen LogP contribution < -0.4 is 0 Å². The second-order valence-electron chi connectivity index (χ2n) is 7.78. The van der Waals surface area contributed by atoms with Crippen LogP contribution in [0.15, 0.2) is 23.3 Å². The minimum absolute atomic E-state index is 0.133. The lowest BCUT2D eigenvalue weighted by atomic mass is 9.70. The van der Waals surface area contributed by atoms with E-state index < -0.39 is 0 Å². The summed E-state index contributed by atoms with van der Waals surface area (Å²) in [6, 6.07) is 4.06. The van der Waals surface area contributed by atoms with Crippen molar-refractivity contribution >= 4 is 5.78 Å². The Bertz CT molecular complexity index is 663. The van der Waals surface area contributed by atoms with Crippen LogP contribution >= 0.6 is 0 Å². The summed E-state index contributed by atoms with van der Waals surface area (Å²) < 4.78 is 0. The number of hydrogen-bond donors (Lipinski definition) is 1. The molecule has 0 aliphatic heterocycles. The van der Waals surface area contributed by atoms with E-state index in [1.165, 1.54) is 11.1 Å². The van der Waals surface area contributed by atoms with Crippen molar-refractivity contribution in [2.45, 2.75) is 65.7 Å². The van der Waals surface area contributed by atoms with Gasteiger partial charge in [0.05, 0.1) is 0 Å². The van der Waals surface area contributed by atoms with Crippen molar-refractivity contribution < 1.29 is 9.90 Å². The Hall–Kier alpha value is -1.57. The third-order valence-electron chi connectivity index (χ3n) is 5.48. The summed E-state index contributed by atoms with van der Waals surface area (Å²) in [6.45, 7) is 8.74. The van der Waals surface area contributed by atoms with Gasteiger partial charge in [-0.2, -0.15) is 0 Å². The molecule has 22 heavy (non-hydrogen) atoms. The standard InChI is InChI=1S/C20H26O2/c1-12(2)15-9-13-5-6-17-16(10-14(13)11-19(15)22)18(21)7-8-20(17,3)4/h9,11-12,22H,5-8,10H2,1-4H3. The summed E-state index contributed by atoms with van der Waals surface area (Å²) in [4.78, 5) is 12.4. The summed E-state index contributed by atoms with van der Waals surface area (Å²) in [5, 5.41) is 10.3. The van der Waals surface area contributed by atoms with E-state index in [4.69, 9.17) is 0 Å². The van der Waals surface area contributed by atoms with E-state index in [9.17, 15) is 9.90 Å². The average molecular weight is 298 g/mol. The lowest BCUT2D eigenvalue weighted by Gasteiger charge is -2.34. The number of carbonyl (C=O) groups excluding carboxylic acids is 1. The first-order valence-corrected chi connectivity index (χ1v) is 8.40. The average Bonchev–Trinajstić information content (AvgIpc) is 2.62. The zero-order chi connectivity index (χ0) is 16.1. The Balaban J connectivity index is 2.07. The van der Waals surface area contributed by atoms with E-state index in [1.54, 1.807) is 0 Å². The predicted octanol–water partition coefficient (Wildman–Crippen LogP) is 4.69. The van der Waals surface area contributed by atoms with Gasteiger partial charge in [-0.15, -0.1) is 0 Å². The molecule has 0 aromatic heterocycles. The fourth-order valence-corrected chi connectivity index (χ4v) is 4.00. The van der Waals surface area contributed by atoms with E-state index in [1.807, 2.05) is 6.07 Å². The monoisotopic (exact) mass is 298 g/mol. The van der Waals surface area contributed by atoms with E-state index in [2.05, 4.69) is 33.8 Å². The van der Waals surface area contributed by atoms with Gasteiger partial charge in [0, 0.05) is 12.8 Å². The number of aromatic hydroxyl groups is 1. The van der Waals surface area contributed by atoms with Crippen molar-refractivity contribution in [1.82, 2.24) is 0 Å². The molecule has 0 bridgehead atoms. The second-order valence-corrected chi connectivity index (χ2v) is 7.78. The number of phenolic OH excluding ortho intramolecular Hbond substituents is 1. The zero-order valence-corrected chi connectivity index (χ0v) is 14.1. The highest BCUT2D eigenvalue weighted by Gasteiger charge is 2.35. The van der Waals surface area contributed by atoms with E-state index >= 15 is 0 Å². The molecule has 1 aromatic rings. The summed E-state index contributed by atoms with van der Waals surface area (Å²) >= 11 is 0. The molecule has 1 N–H and O–H groups in total. The van der Waals surface area contributed by atoms with Gasteiger partial charge in [0.2, 0.25) is 0 Å². The summed E-state index contributed by atoms with van der Waals surface area (Å²) in [5.41, 5.74) is 5.97. The van der Waals surface area contributed by atoms with Crippen LogP contribution in [0.5, 0.6) is 5.75 Å². The van der Waals surface area contributed by atoms with Crippen LogP contribution in [-0.2, 0) is 17.6 Å². The summed E-state index contributed by atoms with van der Waals surface area (Å²) in [6.07, 6.45) is 4.27. The van der Waals surface area contributed by atoms with Gasteiger partial charge in [-0.25, -0.2) is 0 Å². The maximum absolute atomic E-state index is 12.4. The SMILES string of the molecule is CC(C)c1cc2c(cc1O)CC1=C(CC2)C(C)(C)CCC1=O. The molecular formula is C20H26O2. The number of hydrogen-bond acceptors (Lipinski definition) is 2. The highest BCUT2D eigenvalue weighted by atomic mass is 16.3. The third kappa shape index (κ3) is 2.49. The maximum Gasteiger partial charge on any atom is 0.159 e. The number of allylic oxidation sites excluding steroid dienone is 2. The number of Topliss-reactive ketones (excluding diaryl/α,β-unsaturated/α-hetero) is 1. The molecule has 2 aliphatic carbocycles. The highest BCUT2D eigenvalue weighted by molar-refractivity contribution is 5.98. The van der Waals surface area contributed by atoms with E-state index in [0.717, 1.165) is 36.0 Å². The van der Waals surface area contributed by atoms with Gasteiger partial charge in [-0.1, -0.05) is 39.3 Å².